The van der Waals surface area contributed by atoms with Crippen LogP contribution in [0.15, 0.2) is 97.1 Å². The molecule has 3 nitrogen and oxygen atoms in total. The largest absolute Gasteiger partial charge is 0.487 e. The summed E-state index contributed by atoms with van der Waals surface area (Å²) in [5.41, 5.74) is 5.24. The Morgan fingerprint density at radius 1 is 0.794 bits per heavy atom. The summed E-state index contributed by atoms with van der Waals surface area (Å²) in [6.07, 6.45) is 0. The third kappa shape index (κ3) is 4.88. The van der Waals surface area contributed by atoms with E-state index in [0.29, 0.717) is 17.1 Å². The molecule has 0 aliphatic rings. The van der Waals surface area contributed by atoms with E-state index in [9.17, 15) is 4.39 Å². The first-order valence-corrected chi connectivity index (χ1v) is 12.8. The molecular formula is C28H19FI2N2O. The van der Waals surface area contributed by atoms with Gasteiger partial charge in [0.25, 0.3) is 0 Å². The van der Waals surface area contributed by atoms with Gasteiger partial charge in [-0.15, -0.1) is 0 Å². The molecule has 0 aliphatic heterocycles. The van der Waals surface area contributed by atoms with Crippen LogP contribution in [0.1, 0.15) is 5.56 Å². The molecule has 5 aromatic rings. The average molecular weight is 672 g/mol. The van der Waals surface area contributed by atoms with Crippen LogP contribution in [0.5, 0.6) is 5.75 Å². The average Bonchev–Trinajstić information content (AvgIpc) is 3.31. The van der Waals surface area contributed by atoms with E-state index in [1.165, 1.54) is 6.07 Å². The van der Waals surface area contributed by atoms with E-state index in [-0.39, 0.29) is 12.4 Å². The van der Waals surface area contributed by atoms with E-state index in [1.807, 2.05) is 54.6 Å². The predicted molar refractivity (Wildman–Crippen MR) is 151 cm³/mol. The van der Waals surface area contributed by atoms with Crippen LogP contribution in [0.4, 0.5) is 4.39 Å². The van der Waals surface area contributed by atoms with Crippen molar-refractivity contribution in [1.82, 2.24) is 9.97 Å². The Hall–Kier alpha value is -2.72. The van der Waals surface area contributed by atoms with Crippen LogP contribution in [0.3, 0.4) is 0 Å². The highest BCUT2D eigenvalue weighted by molar-refractivity contribution is 14.1. The number of benzene rings is 4. The van der Waals surface area contributed by atoms with E-state index in [2.05, 4.69) is 74.4 Å². The minimum atomic E-state index is -0.278. The molecule has 0 unspecified atom stereocenters. The molecular weight excluding hydrogens is 653 g/mol. The van der Waals surface area contributed by atoms with Gasteiger partial charge < -0.3 is 9.72 Å². The summed E-state index contributed by atoms with van der Waals surface area (Å²) < 4.78 is 22.4. The maximum atomic E-state index is 14.2. The molecule has 0 atom stereocenters. The molecule has 0 radical (unpaired) electrons. The fourth-order valence-corrected chi connectivity index (χ4v) is 5.77. The molecule has 1 heterocycles. The van der Waals surface area contributed by atoms with E-state index in [1.54, 1.807) is 12.1 Å². The highest BCUT2D eigenvalue weighted by Gasteiger charge is 2.20. The highest BCUT2D eigenvalue weighted by atomic mass is 127. The summed E-state index contributed by atoms with van der Waals surface area (Å²) in [6, 6.07) is 31.1. The zero-order chi connectivity index (χ0) is 23.5. The van der Waals surface area contributed by atoms with Gasteiger partial charge in [-0.05, 0) is 63.4 Å². The fraction of sp³-hybridized carbons (Fsp3) is 0.0357. The van der Waals surface area contributed by atoms with E-state index >= 15 is 0 Å². The Labute approximate surface area is 224 Å². The number of nitrogens with one attached hydrogen (secondary N) is 1. The minimum absolute atomic E-state index is 0.133. The van der Waals surface area contributed by atoms with Crippen LogP contribution in [-0.2, 0) is 6.61 Å². The number of H-pyrrole nitrogens is 1. The van der Waals surface area contributed by atoms with Crippen molar-refractivity contribution < 1.29 is 9.13 Å². The Balaban J connectivity index is 1.62. The number of rotatable bonds is 6. The van der Waals surface area contributed by atoms with Gasteiger partial charge in [0.2, 0.25) is 0 Å². The van der Waals surface area contributed by atoms with Gasteiger partial charge in [0.1, 0.15) is 24.0 Å². The zero-order valence-corrected chi connectivity index (χ0v) is 22.2. The molecule has 5 rings (SSSR count). The second kappa shape index (κ2) is 10.3. The molecule has 0 saturated heterocycles. The minimum Gasteiger partial charge on any atom is -0.487 e. The van der Waals surface area contributed by atoms with Crippen molar-refractivity contribution in [1.29, 1.82) is 0 Å². The van der Waals surface area contributed by atoms with Crippen molar-refractivity contribution in [2.24, 2.45) is 0 Å². The quantitative estimate of drug-likeness (QED) is 0.184. The summed E-state index contributed by atoms with van der Waals surface area (Å²) in [6.45, 7) is 0.133. The van der Waals surface area contributed by atoms with Crippen molar-refractivity contribution in [3.05, 3.63) is 116 Å². The van der Waals surface area contributed by atoms with Crippen molar-refractivity contribution >= 4 is 45.2 Å². The van der Waals surface area contributed by atoms with Gasteiger partial charge in [-0.2, -0.15) is 0 Å². The van der Waals surface area contributed by atoms with Gasteiger partial charge in [-0.25, -0.2) is 9.37 Å². The molecule has 0 fully saturated rings. The van der Waals surface area contributed by atoms with Gasteiger partial charge in [-0.3, -0.25) is 0 Å². The second-order valence-electron chi connectivity index (χ2n) is 7.69. The molecule has 0 bridgehead atoms. The molecule has 34 heavy (non-hydrogen) atoms. The van der Waals surface area contributed by atoms with Gasteiger partial charge in [0, 0.05) is 20.3 Å². The molecule has 168 valence electrons. The fourth-order valence-electron chi connectivity index (χ4n) is 3.77. The number of nitrogens with zero attached hydrogens (tertiary/aromatic N) is 1. The van der Waals surface area contributed by atoms with Crippen LogP contribution in [-0.4, -0.2) is 9.97 Å². The molecule has 0 saturated carbocycles. The summed E-state index contributed by atoms with van der Waals surface area (Å²) in [5, 5.41) is 0. The summed E-state index contributed by atoms with van der Waals surface area (Å²) in [5.74, 6) is 1.11. The third-order valence-electron chi connectivity index (χ3n) is 5.41. The molecule has 0 amide bonds. The number of imidazole rings is 1. The SMILES string of the molecule is Fc1ccccc1COc1c(I)cc(I)cc1-c1nc(-c2ccccc2)c(-c2ccccc2)[nH]1. The van der Waals surface area contributed by atoms with Gasteiger partial charge in [0.15, 0.2) is 0 Å². The lowest BCUT2D eigenvalue weighted by molar-refractivity contribution is 0.299. The summed E-state index contributed by atoms with van der Waals surface area (Å²) in [4.78, 5) is 8.57. The van der Waals surface area contributed by atoms with Crippen molar-refractivity contribution in [3.63, 3.8) is 0 Å². The Bertz CT molecular complexity index is 1380. The predicted octanol–water partition coefficient (Wildman–Crippen LogP) is 8.34. The van der Waals surface area contributed by atoms with Crippen molar-refractivity contribution in [3.8, 4) is 39.7 Å². The normalized spacial score (nSPS) is 10.9. The van der Waals surface area contributed by atoms with Crippen LogP contribution in [0.2, 0.25) is 0 Å². The lowest BCUT2D eigenvalue weighted by atomic mass is 10.1. The smallest absolute Gasteiger partial charge is 0.144 e. The van der Waals surface area contributed by atoms with Crippen LogP contribution < -0.4 is 4.74 Å². The topological polar surface area (TPSA) is 37.9 Å². The Kier molecular flexibility index (Phi) is 6.96. The number of aromatic nitrogens is 2. The van der Waals surface area contributed by atoms with Crippen LogP contribution in [0.25, 0.3) is 33.9 Å². The van der Waals surface area contributed by atoms with E-state index in [0.717, 1.165) is 35.2 Å². The first kappa shape index (κ1) is 23.0. The lowest BCUT2D eigenvalue weighted by Gasteiger charge is -2.13. The molecule has 1 aromatic heterocycles. The monoisotopic (exact) mass is 672 g/mol. The molecule has 0 spiro atoms. The Morgan fingerprint density at radius 3 is 2.15 bits per heavy atom. The number of aromatic amines is 1. The molecule has 4 aromatic carbocycles. The van der Waals surface area contributed by atoms with Gasteiger partial charge in [-0.1, -0.05) is 78.9 Å². The van der Waals surface area contributed by atoms with Crippen molar-refractivity contribution in [2.45, 2.75) is 6.61 Å². The second-order valence-corrected chi connectivity index (χ2v) is 10.1. The first-order valence-electron chi connectivity index (χ1n) is 10.7. The molecule has 0 aliphatic carbocycles. The summed E-state index contributed by atoms with van der Waals surface area (Å²) in [7, 11) is 0. The maximum Gasteiger partial charge on any atom is 0.144 e. The number of ether oxygens (including phenoxy) is 1. The first-order chi connectivity index (χ1) is 16.6. The number of hydrogen-bond acceptors (Lipinski definition) is 2. The van der Waals surface area contributed by atoms with Crippen LogP contribution in [0, 0.1) is 13.0 Å². The molecule has 1 N–H and O–H groups in total. The lowest BCUT2D eigenvalue weighted by Crippen LogP contribution is -2.02. The van der Waals surface area contributed by atoms with E-state index < -0.39 is 0 Å². The Morgan fingerprint density at radius 2 is 1.44 bits per heavy atom. The van der Waals surface area contributed by atoms with Crippen molar-refractivity contribution in [2.75, 3.05) is 0 Å². The van der Waals surface area contributed by atoms with Gasteiger partial charge in [0.05, 0.1) is 20.5 Å². The van der Waals surface area contributed by atoms with Gasteiger partial charge >= 0.3 is 0 Å². The number of halogens is 3. The maximum absolute atomic E-state index is 14.2. The molecule has 6 heteroatoms. The number of hydrogen-bond donors (Lipinski definition) is 1. The van der Waals surface area contributed by atoms with E-state index in [4.69, 9.17) is 9.72 Å². The zero-order valence-electron chi connectivity index (χ0n) is 17.9. The van der Waals surface area contributed by atoms with Crippen LogP contribution >= 0.6 is 45.2 Å². The third-order valence-corrected chi connectivity index (χ3v) is 6.83. The summed E-state index contributed by atoms with van der Waals surface area (Å²) >= 11 is 4.56. The highest BCUT2D eigenvalue weighted by Crippen LogP contribution is 2.39. The standard InChI is InChI=1S/C28H19FI2N2O/c29-23-14-8-7-13-20(23)17-34-27-22(15-21(30)16-24(27)31)28-32-25(18-9-3-1-4-10-18)26(33-28)19-11-5-2-6-12-19/h1-16H,17H2,(H,32,33).